The second-order valence-corrected chi connectivity index (χ2v) is 8.41. The van der Waals surface area contributed by atoms with E-state index in [1.807, 2.05) is 18.2 Å². The highest BCUT2D eigenvalue weighted by Crippen LogP contribution is 2.21. The van der Waals surface area contributed by atoms with Crippen molar-refractivity contribution in [1.29, 1.82) is 0 Å². The molecule has 2 saturated heterocycles. The number of amides is 3. The van der Waals surface area contributed by atoms with E-state index in [4.69, 9.17) is 0 Å². The van der Waals surface area contributed by atoms with E-state index < -0.39 is 0 Å². The van der Waals surface area contributed by atoms with Gasteiger partial charge in [-0.2, -0.15) is 0 Å². The summed E-state index contributed by atoms with van der Waals surface area (Å²) in [6, 6.07) is 15.1. The first-order chi connectivity index (χ1) is 15.6. The smallest absolute Gasteiger partial charge is 0.251 e. The third-order valence-corrected chi connectivity index (χ3v) is 6.11. The number of likely N-dealkylation sites (tertiary alicyclic amines) is 1. The van der Waals surface area contributed by atoms with Crippen molar-refractivity contribution in [1.82, 2.24) is 15.5 Å². The number of rotatable bonds is 8. The van der Waals surface area contributed by atoms with Crippen LogP contribution in [0, 0.1) is 0 Å². The highest BCUT2D eigenvalue weighted by Gasteiger charge is 2.21. The number of nitrogens with one attached hydrogen (secondary N) is 2. The zero-order valence-electron chi connectivity index (χ0n) is 18.3. The molecule has 32 heavy (non-hydrogen) atoms. The Labute approximate surface area is 188 Å². The van der Waals surface area contributed by atoms with Gasteiger partial charge < -0.3 is 15.5 Å². The van der Waals surface area contributed by atoms with E-state index in [9.17, 15) is 14.4 Å². The Morgan fingerprint density at radius 3 is 2.25 bits per heavy atom. The molecule has 7 nitrogen and oxygen atoms in total. The number of carbonyl (C=O) groups is 3. The third-order valence-electron chi connectivity index (χ3n) is 6.11. The molecule has 2 N–H and O–H groups in total. The van der Waals surface area contributed by atoms with E-state index in [1.165, 1.54) is 18.4 Å². The summed E-state index contributed by atoms with van der Waals surface area (Å²) in [5.74, 6) is -0.427. The van der Waals surface area contributed by atoms with Gasteiger partial charge in [-0.15, -0.1) is 0 Å². The first-order valence-corrected chi connectivity index (χ1v) is 11.3. The Morgan fingerprint density at radius 1 is 0.844 bits per heavy atom. The van der Waals surface area contributed by atoms with Crippen LogP contribution in [0.1, 0.15) is 47.2 Å². The summed E-state index contributed by atoms with van der Waals surface area (Å²) < 4.78 is 0. The van der Waals surface area contributed by atoms with E-state index >= 15 is 0 Å². The lowest BCUT2D eigenvalue weighted by molar-refractivity contribution is -0.120. The summed E-state index contributed by atoms with van der Waals surface area (Å²) in [7, 11) is 0. The van der Waals surface area contributed by atoms with Crippen molar-refractivity contribution < 1.29 is 14.4 Å². The van der Waals surface area contributed by atoms with E-state index in [1.54, 1.807) is 29.2 Å². The van der Waals surface area contributed by atoms with Gasteiger partial charge in [-0.3, -0.25) is 19.3 Å². The molecule has 7 heteroatoms. The molecule has 2 fully saturated rings. The lowest BCUT2D eigenvalue weighted by Crippen LogP contribution is -2.36. The summed E-state index contributed by atoms with van der Waals surface area (Å²) in [5.41, 5.74) is 3.60. The highest BCUT2D eigenvalue weighted by molar-refractivity contribution is 5.98. The van der Waals surface area contributed by atoms with E-state index in [0.29, 0.717) is 25.1 Å². The number of hydrogen-bond acceptors (Lipinski definition) is 4. The molecule has 0 atom stereocenters. The fourth-order valence-corrected chi connectivity index (χ4v) is 4.30. The normalized spacial score (nSPS) is 16.4. The molecule has 0 saturated carbocycles. The highest BCUT2D eigenvalue weighted by atomic mass is 16.2. The zero-order chi connectivity index (χ0) is 22.3. The van der Waals surface area contributed by atoms with Gasteiger partial charge in [0.05, 0.1) is 6.54 Å². The fourth-order valence-electron chi connectivity index (χ4n) is 4.30. The maximum Gasteiger partial charge on any atom is 0.251 e. The molecule has 0 unspecified atom stereocenters. The first kappa shape index (κ1) is 22.0. The van der Waals surface area contributed by atoms with Crippen molar-refractivity contribution in [2.75, 3.05) is 31.1 Å². The molecule has 2 aliphatic rings. The summed E-state index contributed by atoms with van der Waals surface area (Å²) in [6.45, 7) is 4.23. The largest absolute Gasteiger partial charge is 0.350 e. The third kappa shape index (κ3) is 5.53. The van der Waals surface area contributed by atoms with Crippen LogP contribution in [-0.4, -0.2) is 48.8 Å². The Morgan fingerprint density at radius 2 is 1.56 bits per heavy atom. The summed E-state index contributed by atoms with van der Waals surface area (Å²) >= 11 is 0. The SMILES string of the molecule is O=C(CNC(=O)c1ccc(N2CCCC2=O)cc1)NCc1ccccc1CN1CCCC1. The molecular formula is C25H30N4O3. The minimum atomic E-state index is -0.311. The van der Waals surface area contributed by atoms with Crippen LogP contribution in [0.5, 0.6) is 0 Å². The molecule has 0 spiro atoms. The van der Waals surface area contributed by atoms with Crippen molar-refractivity contribution in [2.24, 2.45) is 0 Å². The Hall–Kier alpha value is -3.19. The quantitative estimate of drug-likeness (QED) is 0.669. The van der Waals surface area contributed by atoms with Crippen LogP contribution in [0.4, 0.5) is 5.69 Å². The van der Waals surface area contributed by atoms with Crippen LogP contribution in [0.3, 0.4) is 0 Å². The predicted molar refractivity (Wildman–Crippen MR) is 123 cm³/mol. The van der Waals surface area contributed by atoms with E-state index in [0.717, 1.165) is 37.3 Å². The van der Waals surface area contributed by atoms with Gasteiger partial charge in [-0.1, -0.05) is 24.3 Å². The van der Waals surface area contributed by atoms with Gasteiger partial charge in [0.25, 0.3) is 5.91 Å². The van der Waals surface area contributed by atoms with Crippen LogP contribution < -0.4 is 15.5 Å². The molecule has 2 aromatic rings. The predicted octanol–water partition coefficient (Wildman–Crippen LogP) is 2.46. The molecule has 2 aliphatic heterocycles. The minimum absolute atomic E-state index is 0.0838. The first-order valence-electron chi connectivity index (χ1n) is 11.3. The molecule has 4 rings (SSSR count). The van der Waals surface area contributed by atoms with E-state index in [2.05, 4.69) is 21.6 Å². The molecule has 168 valence electrons. The van der Waals surface area contributed by atoms with Gasteiger partial charge in [0, 0.05) is 37.3 Å². The summed E-state index contributed by atoms with van der Waals surface area (Å²) in [4.78, 5) is 40.7. The fraction of sp³-hybridized carbons (Fsp3) is 0.400. The van der Waals surface area contributed by atoms with Gasteiger partial charge in [0.2, 0.25) is 11.8 Å². The van der Waals surface area contributed by atoms with E-state index in [-0.39, 0.29) is 24.3 Å². The van der Waals surface area contributed by atoms with Crippen LogP contribution in [0.2, 0.25) is 0 Å². The maximum absolute atomic E-state index is 12.4. The summed E-state index contributed by atoms with van der Waals surface area (Å²) in [6.07, 6.45) is 3.93. The second kappa shape index (κ2) is 10.4. The molecule has 0 aliphatic carbocycles. The average Bonchev–Trinajstić information content (AvgIpc) is 3.48. The standard InChI is InChI=1S/C25H30N4O3/c30-23(26-16-20-6-1-2-7-21(20)18-28-13-3-4-14-28)17-27-25(32)19-9-11-22(12-10-19)29-15-5-8-24(29)31/h1-2,6-7,9-12H,3-5,8,13-18H2,(H,26,30)(H,27,32). The van der Waals surface area contributed by atoms with Crippen LogP contribution >= 0.6 is 0 Å². The van der Waals surface area contributed by atoms with Crippen LogP contribution in [-0.2, 0) is 22.7 Å². The molecule has 3 amide bonds. The topological polar surface area (TPSA) is 81.8 Å². The molecular weight excluding hydrogens is 404 g/mol. The van der Waals surface area contributed by atoms with Crippen LogP contribution in [0.15, 0.2) is 48.5 Å². The molecule has 0 aromatic heterocycles. The molecule has 0 bridgehead atoms. The zero-order valence-corrected chi connectivity index (χ0v) is 18.3. The Balaban J connectivity index is 1.24. The van der Waals surface area contributed by atoms with Crippen molar-refractivity contribution in [3.8, 4) is 0 Å². The van der Waals surface area contributed by atoms with Crippen molar-refractivity contribution in [3.63, 3.8) is 0 Å². The number of carbonyl (C=O) groups excluding carboxylic acids is 3. The average molecular weight is 435 g/mol. The number of benzene rings is 2. The molecule has 2 heterocycles. The van der Waals surface area contributed by atoms with Crippen molar-refractivity contribution in [2.45, 2.75) is 38.8 Å². The van der Waals surface area contributed by atoms with Gasteiger partial charge in [-0.25, -0.2) is 0 Å². The maximum atomic E-state index is 12.4. The minimum Gasteiger partial charge on any atom is -0.350 e. The van der Waals surface area contributed by atoms with Crippen molar-refractivity contribution >= 4 is 23.4 Å². The molecule has 2 aromatic carbocycles. The van der Waals surface area contributed by atoms with Gasteiger partial charge in [0.1, 0.15) is 0 Å². The van der Waals surface area contributed by atoms with Crippen LogP contribution in [0.25, 0.3) is 0 Å². The van der Waals surface area contributed by atoms with Gasteiger partial charge in [0.15, 0.2) is 0 Å². The monoisotopic (exact) mass is 434 g/mol. The van der Waals surface area contributed by atoms with Gasteiger partial charge in [-0.05, 0) is 67.7 Å². The lowest BCUT2D eigenvalue weighted by Gasteiger charge is -2.18. The second-order valence-electron chi connectivity index (χ2n) is 8.41. The number of hydrogen-bond donors (Lipinski definition) is 2. The lowest BCUT2D eigenvalue weighted by atomic mass is 10.1. The number of nitrogens with zero attached hydrogens (tertiary/aromatic N) is 2. The summed E-state index contributed by atoms with van der Waals surface area (Å²) in [5, 5.41) is 5.57. The number of anilines is 1. The Kier molecular flexibility index (Phi) is 7.17. The molecule has 0 radical (unpaired) electrons. The van der Waals surface area contributed by atoms with Crippen molar-refractivity contribution in [3.05, 3.63) is 65.2 Å². The Bertz CT molecular complexity index is 967. The van der Waals surface area contributed by atoms with Gasteiger partial charge >= 0.3 is 0 Å².